The number of carbonyl (C=O) groups excluding carboxylic acids is 1. The third-order valence-corrected chi connectivity index (χ3v) is 7.99. The van der Waals surface area contributed by atoms with Crippen molar-refractivity contribution in [2.45, 2.75) is 38.3 Å². The average molecular weight is 547 g/mol. The molecule has 2 aromatic carbocycles. The average Bonchev–Trinajstić information content (AvgIpc) is 3.26. The van der Waals surface area contributed by atoms with E-state index < -0.39 is 11.6 Å². The lowest BCUT2D eigenvalue weighted by molar-refractivity contribution is 0.0897. The zero-order valence-corrected chi connectivity index (χ0v) is 22.0. The number of likely N-dealkylation sites (tertiary alicyclic amines) is 1. The van der Waals surface area contributed by atoms with Crippen LogP contribution in [0.3, 0.4) is 0 Å². The Morgan fingerprint density at radius 2 is 2.05 bits per heavy atom. The fraction of sp³-hybridized carbons (Fsp3) is 0.300. The van der Waals surface area contributed by atoms with Crippen LogP contribution in [0.15, 0.2) is 42.7 Å². The number of aromatic nitrogens is 2. The van der Waals surface area contributed by atoms with E-state index in [1.807, 2.05) is 6.92 Å². The number of terminal acetylenes is 1. The minimum absolute atomic E-state index is 0.00301. The van der Waals surface area contributed by atoms with E-state index in [1.165, 1.54) is 12.3 Å². The first kappa shape index (κ1) is 25.3. The molecule has 2 fully saturated rings. The van der Waals surface area contributed by atoms with Gasteiger partial charge in [0.1, 0.15) is 17.0 Å². The fourth-order valence-electron chi connectivity index (χ4n) is 5.75. The summed E-state index contributed by atoms with van der Waals surface area (Å²) >= 11 is 6.61. The van der Waals surface area contributed by atoms with E-state index in [0.717, 1.165) is 19.3 Å². The number of ether oxygens (including phenoxy) is 1. The smallest absolute Gasteiger partial charge is 0.410 e. The number of halogens is 3. The molecule has 2 atom stereocenters. The highest BCUT2D eigenvalue weighted by molar-refractivity contribution is 6.34. The highest BCUT2D eigenvalue weighted by Crippen LogP contribution is 2.44. The van der Waals surface area contributed by atoms with Gasteiger partial charge in [0.2, 0.25) is 0 Å². The molecule has 0 spiro atoms. The van der Waals surface area contributed by atoms with Crippen LogP contribution in [0.5, 0.6) is 0 Å². The van der Waals surface area contributed by atoms with Crippen LogP contribution in [0.2, 0.25) is 5.02 Å². The number of amides is 1. The molecular weight excluding hydrogens is 522 g/mol. The van der Waals surface area contributed by atoms with Gasteiger partial charge in [0.25, 0.3) is 0 Å². The highest BCUT2D eigenvalue weighted by atomic mass is 35.5. The van der Waals surface area contributed by atoms with E-state index in [4.69, 9.17) is 22.8 Å². The summed E-state index contributed by atoms with van der Waals surface area (Å²) in [5.74, 6) is 1.20. The monoisotopic (exact) mass is 546 g/mol. The molecule has 4 heterocycles. The summed E-state index contributed by atoms with van der Waals surface area (Å²) in [5.41, 5.74) is 1.21. The Bertz CT molecular complexity index is 1670. The zero-order chi connectivity index (χ0) is 27.3. The SMILES string of the molecule is C#Cc1c(F)ccc2cccc(-c3ncc4c(N5C[C@@H]6[C@H]5CCN6C(=O)OCCCC)c(Cl)cnc4c3F)c12. The molecule has 198 valence electrons. The molecule has 4 aromatic rings. The molecule has 2 aliphatic heterocycles. The molecule has 0 unspecified atom stereocenters. The van der Waals surface area contributed by atoms with Crippen molar-refractivity contribution in [2.24, 2.45) is 0 Å². The van der Waals surface area contributed by atoms with Crippen LogP contribution in [0.1, 0.15) is 31.7 Å². The minimum Gasteiger partial charge on any atom is -0.449 e. The molecule has 39 heavy (non-hydrogen) atoms. The van der Waals surface area contributed by atoms with Gasteiger partial charge in [-0.25, -0.2) is 13.6 Å². The molecule has 6 nitrogen and oxygen atoms in total. The summed E-state index contributed by atoms with van der Waals surface area (Å²) in [6.45, 7) is 3.59. The van der Waals surface area contributed by atoms with Crippen LogP contribution in [0.4, 0.5) is 19.3 Å². The van der Waals surface area contributed by atoms with Crippen LogP contribution in [0, 0.1) is 24.0 Å². The molecule has 0 radical (unpaired) electrons. The summed E-state index contributed by atoms with van der Waals surface area (Å²) in [6.07, 6.45) is 10.8. The van der Waals surface area contributed by atoms with Gasteiger partial charge >= 0.3 is 6.09 Å². The van der Waals surface area contributed by atoms with Crippen molar-refractivity contribution >= 4 is 45.1 Å². The third-order valence-electron chi connectivity index (χ3n) is 7.72. The van der Waals surface area contributed by atoms with Gasteiger partial charge < -0.3 is 14.5 Å². The van der Waals surface area contributed by atoms with Crippen molar-refractivity contribution in [1.29, 1.82) is 0 Å². The molecule has 0 aliphatic carbocycles. The number of benzene rings is 2. The third kappa shape index (κ3) is 4.04. The van der Waals surface area contributed by atoms with Crippen LogP contribution in [-0.2, 0) is 4.74 Å². The Morgan fingerprint density at radius 1 is 1.21 bits per heavy atom. The van der Waals surface area contributed by atoms with Gasteiger partial charge in [0, 0.05) is 41.8 Å². The molecular formula is C30H25ClF2N4O2. The Morgan fingerprint density at radius 3 is 2.85 bits per heavy atom. The standard InChI is InChI=1S/C30H25ClF2N4O2/c1-3-5-13-39-30(38)36-12-11-23-24(36)16-37(23)29-20-14-34-27(26(33)28(20)35-15-21(29)31)19-8-6-7-17-9-10-22(32)18(4-2)25(17)19/h2,6-10,14-15,23-24H,3,5,11-13,16H2,1H3/t23-,24-/m1/s1. The number of anilines is 1. The Kier molecular flexibility index (Phi) is 6.48. The summed E-state index contributed by atoms with van der Waals surface area (Å²) in [4.78, 5) is 25.2. The topological polar surface area (TPSA) is 58.6 Å². The molecule has 2 aliphatic rings. The fourth-order valence-corrected chi connectivity index (χ4v) is 6.01. The maximum atomic E-state index is 16.1. The molecule has 9 heteroatoms. The van der Waals surface area contributed by atoms with Crippen molar-refractivity contribution in [1.82, 2.24) is 14.9 Å². The number of rotatable bonds is 5. The van der Waals surface area contributed by atoms with Crippen molar-refractivity contribution < 1.29 is 18.3 Å². The summed E-state index contributed by atoms with van der Waals surface area (Å²) < 4.78 is 36.1. The van der Waals surface area contributed by atoms with Gasteiger partial charge in [-0.1, -0.05) is 55.1 Å². The molecule has 0 bridgehead atoms. The zero-order valence-electron chi connectivity index (χ0n) is 21.3. The number of carbonyl (C=O) groups is 1. The Hall–Kier alpha value is -3.96. The first-order chi connectivity index (χ1) is 18.9. The normalized spacial score (nSPS) is 18.2. The highest BCUT2D eigenvalue weighted by Gasteiger charge is 2.50. The van der Waals surface area contributed by atoms with E-state index in [1.54, 1.807) is 35.4 Å². The lowest BCUT2D eigenvalue weighted by Crippen LogP contribution is -2.63. The lowest BCUT2D eigenvalue weighted by atomic mass is 9.94. The van der Waals surface area contributed by atoms with Gasteiger partial charge in [-0.3, -0.25) is 9.97 Å². The minimum atomic E-state index is -0.644. The van der Waals surface area contributed by atoms with E-state index in [2.05, 4.69) is 20.8 Å². The second kappa shape index (κ2) is 9.97. The van der Waals surface area contributed by atoms with Crippen molar-refractivity contribution in [3.8, 4) is 23.6 Å². The maximum Gasteiger partial charge on any atom is 0.410 e. The first-order valence-corrected chi connectivity index (χ1v) is 13.3. The molecule has 1 amide bonds. The van der Waals surface area contributed by atoms with Gasteiger partial charge in [-0.2, -0.15) is 0 Å². The number of nitrogens with zero attached hydrogens (tertiary/aromatic N) is 4. The molecule has 0 N–H and O–H groups in total. The second-order valence-corrected chi connectivity index (χ2v) is 10.3. The Balaban J connectivity index is 1.37. The van der Waals surface area contributed by atoms with Crippen molar-refractivity contribution in [3.05, 3.63) is 64.9 Å². The van der Waals surface area contributed by atoms with E-state index in [9.17, 15) is 9.18 Å². The Labute approximate surface area is 229 Å². The summed E-state index contributed by atoms with van der Waals surface area (Å²) in [5, 5.41) is 1.94. The van der Waals surface area contributed by atoms with E-state index in [0.29, 0.717) is 52.1 Å². The number of hydrogen-bond acceptors (Lipinski definition) is 5. The van der Waals surface area contributed by atoms with E-state index >= 15 is 4.39 Å². The number of fused-ring (bicyclic) bond motifs is 3. The quantitative estimate of drug-likeness (QED) is 0.209. The molecule has 2 aromatic heterocycles. The molecule has 2 saturated heterocycles. The van der Waals surface area contributed by atoms with Crippen LogP contribution >= 0.6 is 11.6 Å². The predicted molar refractivity (Wildman–Crippen MR) is 148 cm³/mol. The maximum absolute atomic E-state index is 16.1. The van der Waals surface area contributed by atoms with Gasteiger partial charge in [-0.15, -0.1) is 6.42 Å². The van der Waals surface area contributed by atoms with Crippen molar-refractivity contribution in [2.75, 3.05) is 24.6 Å². The van der Waals surface area contributed by atoms with Crippen LogP contribution in [0.25, 0.3) is 32.9 Å². The lowest BCUT2D eigenvalue weighted by Gasteiger charge is -2.48. The van der Waals surface area contributed by atoms with Crippen LogP contribution in [-0.4, -0.2) is 52.7 Å². The van der Waals surface area contributed by atoms with Crippen LogP contribution < -0.4 is 4.90 Å². The van der Waals surface area contributed by atoms with Gasteiger partial charge in [0.15, 0.2) is 5.82 Å². The molecule has 6 rings (SSSR count). The first-order valence-electron chi connectivity index (χ1n) is 13.0. The molecule has 0 saturated carbocycles. The summed E-state index contributed by atoms with van der Waals surface area (Å²) in [7, 11) is 0. The van der Waals surface area contributed by atoms with Gasteiger partial charge in [-0.05, 0) is 24.3 Å². The summed E-state index contributed by atoms with van der Waals surface area (Å²) in [6, 6.07) is 8.16. The van der Waals surface area contributed by atoms with E-state index in [-0.39, 0.29) is 35.0 Å². The second-order valence-electron chi connectivity index (χ2n) is 9.85. The number of unbranched alkanes of at least 4 members (excludes halogenated alkanes) is 1. The van der Waals surface area contributed by atoms with Crippen molar-refractivity contribution in [3.63, 3.8) is 0 Å². The van der Waals surface area contributed by atoms with Gasteiger partial charge in [0.05, 0.1) is 35.0 Å². The number of pyridine rings is 2. The predicted octanol–water partition coefficient (Wildman–Crippen LogP) is 6.56. The number of hydrogen-bond donors (Lipinski definition) is 0. The largest absolute Gasteiger partial charge is 0.449 e.